The van der Waals surface area contributed by atoms with Crippen LogP contribution in [0.5, 0.6) is 5.75 Å². The fourth-order valence-corrected chi connectivity index (χ4v) is 3.41. The molecule has 1 aromatic carbocycles. The van der Waals surface area contributed by atoms with Crippen molar-refractivity contribution in [1.29, 1.82) is 0 Å². The average molecular weight is 245 g/mol. The van der Waals surface area contributed by atoms with E-state index in [1.165, 1.54) is 24.0 Å². The van der Waals surface area contributed by atoms with E-state index in [1.807, 2.05) is 0 Å². The van der Waals surface area contributed by atoms with Crippen LogP contribution in [0.15, 0.2) is 18.2 Å². The van der Waals surface area contributed by atoms with Crippen molar-refractivity contribution in [2.45, 2.75) is 51.5 Å². The van der Waals surface area contributed by atoms with E-state index in [0.29, 0.717) is 17.4 Å². The minimum Gasteiger partial charge on any atom is -0.493 e. The van der Waals surface area contributed by atoms with Gasteiger partial charge in [0, 0.05) is 12.5 Å². The summed E-state index contributed by atoms with van der Waals surface area (Å²) >= 11 is 0. The van der Waals surface area contributed by atoms with Gasteiger partial charge >= 0.3 is 0 Å². The Morgan fingerprint density at radius 3 is 3.00 bits per heavy atom. The first kappa shape index (κ1) is 12.0. The number of hydrogen-bond donors (Lipinski definition) is 1. The van der Waals surface area contributed by atoms with Crippen LogP contribution in [0, 0.1) is 5.41 Å². The predicted molar refractivity (Wildman–Crippen MR) is 74.0 cm³/mol. The van der Waals surface area contributed by atoms with Gasteiger partial charge in [-0.2, -0.15) is 0 Å². The third kappa shape index (κ3) is 2.14. The minimum atomic E-state index is 0.318. The Labute approximate surface area is 110 Å². The molecule has 0 saturated heterocycles. The van der Waals surface area contributed by atoms with E-state index in [-0.39, 0.29) is 0 Å². The van der Waals surface area contributed by atoms with Crippen molar-refractivity contribution in [1.82, 2.24) is 0 Å². The summed E-state index contributed by atoms with van der Waals surface area (Å²) in [5.41, 5.74) is 9.55. The molecule has 1 saturated carbocycles. The van der Waals surface area contributed by atoms with Gasteiger partial charge < -0.3 is 10.5 Å². The lowest BCUT2D eigenvalue weighted by Crippen LogP contribution is -2.37. The van der Waals surface area contributed by atoms with Gasteiger partial charge in [0.25, 0.3) is 0 Å². The lowest BCUT2D eigenvalue weighted by molar-refractivity contribution is 0.198. The van der Waals surface area contributed by atoms with Crippen LogP contribution in [0.3, 0.4) is 0 Å². The molecule has 2 atom stereocenters. The van der Waals surface area contributed by atoms with Crippen LogP contribution in [0.2, 0.25) is 0 Å². The van der Waals surface area contributed by atoms with E-state index in [1.54, 1.807) is 0 Å². The van der Waals surface area contributed by atoms with Crippen molar-refractivity contribution < 1.29 is 4.74 Å². The molecule has 2 heteroatoms. The first-order valence-corrected chi connectivity index (χ1v) is 7.06. The zero-order valence-corrected chi connectivity index (χ0v) is 11.4. The largest absolute Gasteiger partial charge is 0.493 e. The summed E-state index contributed by atoms with van der Waals surface area (Å²) in [5.74, 6) is 1.59. The van der Waals surface area contributed by atoms with Gasteiger partial charge in [-0.1, -0.05) is 26.0 Å². The molecule has 1 aliphatic carbocycles. The molecule has 3 rings (SSSR count). The zero-order valence-electron chi connectivity index (χ0n) is 11.4. The van der Waals surface area contributed by atoms with Gasteiger partial charge in [0.1, 0.15) is 5.75 Å². The van der Waals surface area contributed by atoms with Crippen LogP contribution in [0.4, 0.5) is 0 Å². The van der Waals surface area contributed by atoms with Gasteiger partial charge in [-0.3, -0.25) is 0 Å². The van der Waals surface area contributed by atoms with Crippen molar-refractivity contribution in [3.05, 3.63) is 29.3 Å². The molecule has 1 fully saturated rings. The van der Waals surface area contributed by atoms with Crippen LogP contribution in [-0.4, -0.2) is 12.6 Å². The number of rotatable bonds is 1. The third-order valence-corrected chi connectivity index (χ3v) is 4.59. The Morgan fingerprint density at radius 2 is 2.17 bits per heavy atom. The average Bonchev–Trinajstić information content (AvgIpc) is 2.79. The predicted octanol–water partition coefficient (Wildman–Crippen LogP) is 3.24. The highest BCUT2D eigenvalue weighted by atomic mass is 16.5. The Bertz CT molecular complexity index is 452. The maximum atomic E-state index is 6.35. The Hall–Kier alpha value is -1.02. The molecule has 0 amide bonds. The summed E-state index contributed by atoms with van der Waals surface area (Å²) in [7, 11) is 0. The number of benzene rings is 1. The molecule has 98 valence electrons. The second-order valence-electron chi connectivity index (χ2n) is 6.64. The molecule has 0 spiro atoms. The summed E-state index contributed by atoms with van der Waals surface area (Å²) in [4.78, 5) is 0. The van der Waals surface area contributed by atoms with Crippen LogP contribution in [0.1, 0.15) is 50.2 Å². The van der Waals surface area contributed by atoms with Gasteiger partial charge in [0.05, 0.1) is 6.61 Å². The lowest BCUT2D eigenvalue weighted by Gasteiger charge is -2.39. The van der Waals surface area contributed by atoms with E-state index in [4.69, 9.17) is 10.5 Å². The molecule has 2 aliphatic rings. The van der Waals surface area contributed by atoms with Crippen molar-refractivity contribution in [3.63, 3.8) is 0 Å². The highest BCUT2D eigenvalue weighted by Crippen LogP contribution is 2.43. The van der Waals surface area contributed by atoms with Gasteiger partial charge in [-0.15, -0.1) is 0 Å². The number of hydrogen-bond acceptors (Lipinski definition) is 2. The second kappa shape index (κ2) is 4.27. The van der Waals surface area contributed by atoms with E-state index < -0.39 is 0 Å². The van der Waals surface area contributed by atoms with E-state index in [0.717, 1.165) is 25.2 Å². The highest BCUT2D eigenvalue weighted by molar-refractivity contribution is 5.41. The maximum absolute atomic E-state index is 6.35. The van der Waals surface area contributed by atoms with E-state index in [2.05, 4.69) is 32.0 Å². The lowest BCUT2D eigenvalue weighted by atomic mass is 9.68. The van der Waals surface area contributed by atoms with Crippen molar-refractivity contribution in [2.24, 2.45) is 11.1 Å². The number of nitrogens with two attached hydrogens (primary N) is 1. The molecule has 0 bridgehead atoms. The molecule has 2 N–H and O–H groups in total. The summed E-state index contributed by atoms with van der Waals surface area (Å²) in [6, 6.07) is 6.99. The molecule has 0 radical (unpaired) electrons. The van der Waals surface area contributed by atoms with Crippen molar-refractivity contribution in [3.8, 4) is 5.75 Å². The molecule has 2 nitrogen and oxygen atoms in total. The molecule has 1 aliphatic heterocycles. The van der Waals surface area contributed by atoms with E-state index >= 15 is 0 Å². The molecule has 1 aromatic rings. The normalized spacial score (nSPS) is 29.7. The Kier molecular flexibility index (Phi) is 2.86. The molecular weight excluding hydrogens is 222 g/mol. The fraction of sp³-hybridized carbons (Fsp3) is 0.625. The summed E-state index contributed by atoms with van der Waals surface area (Å²) in [5, 5.41) is 0. The minimum absolute atomic E-state index is 0.318. The first-order valence-electron chi connectivity index (χ1n) is 7.06. The van der Waals surface area contributed by atoms with Crippen LogP contribution in [-0.2, 0) is 6.42 Å². The number of fused-ring (bicyclic) bond motifs is 1. The topological polar surface area (TPSA) is 35.2 Å². The second-order valence-corrected chi connectivity index (χ2v) is 6.64. The highest BCUT2D eigenvalue weighted by Gasteiger charge is 2.34. The van der Waals surface area contributed by atoms with Crippen LogP contribution in [0.25, 0.3) is 0 Å². The van der Waals surface area contributed by atoms with Crippen molar-refractivity contribution >= 4 is 0 Å². The molecule has 18 heavy (non-hydrogen) atoms. The molecule has 1 heterocycles. The van der Waals surface area contributed by atoms with Crippen LogP contribution >= 0.6 is 0 Å². The standard InChI is InChI=1S/C16H23NO/c1-16(2)7-5-14(17)13(10-16)11-3-4-15-12(9-11)6-8-18-15/h3-4,9,13-14H,5-8,10,17H2,1-2H3. The summed E-state index contributed by atoms with van der Waals surface area (Å²) in [6.45, 7) is 5.56. The van der Waals surface area contributed by atoms with Crippen LogP contribution < -0.4 is 10.5 Å². The third-order valence-electron chi connectivity index (χ3n) is 4.59. The van der Waals surface area contributed by atoms with E-state index in [9.17, 15) is 0 Å². The van der Waals surface area contributed by atoms with Gasteiger partial charge in [-0.05, 0) is 47.8 Å². The smallest absolute Gasteiger partial charge is 0.122 e. The van der Waals surface area contributed by atoms with Gasteiger partial charge in [0.2, 0.25) is 0 Å². The molecular formula is C16H23NO. The van der Waals surface area contributed by atoms with Gasteiger partial charge in [0.15, 0.2) is 0 Å². The quantitative estimate of drug-likeness (QED) is 0.824. The SMILES string of the molecule is CC1(C)CCC(N)C(c2ccc3c(c2)CCO3)C1. The summed E-state index contributed by atoms with van der Waals surface area (Å²) < 4.78 is 5.58. The summed E-state index contributed by atoms with van der Waals surface area (Å²) in [6.07, 6.45) is 4.65. The molecule has 0 aromatic heterocycles. The fourth-order valence-electron chi connectivity index (χ4n) is 3.41. The number of ether oxygens (including phenoxy) is 1. The first-order chi connectivity index (χ1) is 8.55. The van der Waals surface area contributed by atoms with Crippen molar-refractivity contribution in [2.75, 3.05) is 6.61 Å². The molecule has 2 unspecified atom stereocenters. The Morgan fingerprint density at radius 1 is 1.33 bits per heavy atom. The van der Waals surface area contributed by atoms with Gasteiger partial charge in [-0.25, -0.2) is 0 Å². The monoisotopic (exact) mass is 245 g/mol. The maximum Gasteiger partial charge on any atom is 0.122 e. The Balaban J connectivity index is 1.89. The zero-order chi connectivity index (χ0) is 12.8.